The van der Waals surface area contributed by atoms with Crippen molar-refractivity contribution in [2.75, 3.05) is 13.1 Å². The average Bonchev–Trinajstić information content (AvgIpc) is 2.97. The molecule has 1 N–H and O–H groups in total. The summed E-state index contributed by atoms with van der Waals surface area (Å²) in [4.78, 5) is 12.7. The maximum Gasteiger partial charge on any atom is 0.209 e. The molecule has 3 heteroatoms. The van der Waals surface area contributed by atoms with E-state index in [1.165, 1.54) is 0 Å². The number of nitrogens with zero attached hydrogens (tertiary/aromatic N) is 1. The fourth-order valence-electron chi connectivity index (χ4n) is 2.92. The van der Waals surface area contributed by atoms with Crippen LogP contribution >= 0.6 is 0 Å². The quantitative estimate of drug-likeness (QED) is 0.868. The number of nitrogens with one attached hydrogen (secondary N) is 1. The van der Waals surface area contributed by atoms with Gasteiger partial charge in [-0.05, 0) is 51.1 Å². The van der Waals surface area contributed by atoms with E-state index < -0.39 is 0 Å². The van der Waals surface area contributed by atoms with Crippen LogP contribution in [0.4, 0.5) is 0 Å². The van der Waals surface area contributed by atoms with Crippen LogP contribution in [-0.2, 0) is 0 Å². The van der Waals surface area contributed by atoms with Gasteiger partial charge in [-0.15, -0.1) is 0 Å². The monoisotopic (exact) mass is 268 g/mol. The molecule has 0 spiro atoms. The number of aryl methyl sites for hydroxylation is 1. The van der Waals surface area contributed by atoms with Crippen LogP contribution in [0.25, 0.3) is 0 Å². The predicted octanol–water partition coefficient (Wildman–Crippen LogP) is 2.95. The van der Waals surface area contributed by atoms with Gasteiger partial charge < -0.3 is 9.88 Å². The van der Waals surface area contributed by atoms with Crippen molar-refractivity contribution in [2.45, 2.75) is 25.8 Å². The Morgan fingerprint density at radius 3 is 2.75 bits per heavy atom. The van der Waals surface area contributed by atoms with E-state index in [1.54, 1.807) is 0 Å². The molecule has 1 saturated heterocycles. The first-order valence-corrected chi connectivity index (χ1v) is 7.24. The fraction of sp³-hybridized carbons (Fsp3) is 0.353. The number of aromatic nitrogens is 1. The molecule has 0 saturated carbocycles. The maximum absolute atomic E-state index is 12.7. The van der Waals surface area contributed by atoms with Crippen LogP contribution in [0.1, 0.15) is 40.5 Å². The number of hydrogen-bond acceptors (Lipinski definition) is 2. The number of ketones is 1. The lowest BCUT2D eigenvalue weighted by Crippen LogP contribution is -2.30. The van der Waals surface area contributed by atoms with Crippen molar-refractivity contribution in [3.05, 3.63) is 59.4 Å². The van der Waals surface area contributed by atoms with Gasteiger partial charge in [0.15, 0.2) is 0 Å². The van der Waals surface area contributed by atoms with Crippen molar-refractivity contribution in [1.82, 2.24) is 9.88 Å². The molecule has 0 unspecified atom stereocenters. The van der Waals surface area contributed by atoms with Crippen LogP contribution in [0.3, 0.4) is 0 Å². The molecular formula is C17H20N2O. The van der Waals surface area contributed by atoms with E-state index in [2.05, 4.69) is 9.88 Å². The second-order valence-corrected chi connectivity index (χ2v) is 5.48. The molecule has 0 bridgehead atoms. The minimum Gasteiger partial charge on any atom is -0.342 e. The molecule has 2 aromatic rings. The number of carbonyl (C=O) groups excluding carboxylic acids is 1. The molecule has 0 amide bonds. The Kier molecular flexibility index (Phi) is 3.70. The molecule has 2 heterocycles. The lowest BCUT2D eigenvalue weighted by Gasteiger charge is -2.25. The van der Waals surface area contributed by atoms with Crippen LogP contribution in [0.5, 0.6) is 0 Å². The minimum atomic E-state index is 0.122. The first-order chi connectivity index (χ1) is 9.75. The normalized spacial score (nSPS) is 16.2. The lowest BCUT2D eigenvalue weighted by atomic mass is 10.0. The molecule has 1 aromatic carbocycles. The number of hydrogen-bond donors (Lipinski definition) is 1. The molecule has 1 aliphatic rings. The van der Waals surface area contributed by atoms with Gasteiger partial charge in [-0.1, -0.05) is 23.8 Å². The third-order valence-corrected chi connectivity index (χ3v) is 3.99. The molecule has 0 aliphatic carbocycles. The highest BCUT2D eigenvalue weighted by Crippen LogP contribution is 2.23. The Balaban J connectivity index is 1.90. The summed E-state index contributed by atoms with van der Waals surface area (Å²) >= 11 is 0. The molecule has 1 aliphatic heterocycles. The summed E-state index contributed by atoms with van der Waals surface area (Å²) in [6, 6.07) is 12.2. The molecule has 0 radical (unpaired) electrons. The fourth-order valence-corrected chi connectivity index (χ4v) is 2.92. The predicted molar refractivity (Wildman–Crippen MR) is 80.2 cm³/mol. The largest absolute Gasteiger partial charge is 0.342 e. The van der Waals surface area contributed by atoms with Crippen molar-refractivity contribution in [1.29, 1.82) is 0 Å². The van der Waals surface area contributed by atoms with Crippen LogP contribution < -0.4 is 5.32 Å². The van der Waals surface area contributed by atoms with E-state index in [1.807, 2.05) is 49.5 Å². The van der Waals surface area contributed by atoms with Gasteiger partial charge in [0.25, 0.3) is 0 Å². The molecule has 3 nitrogen and oxygen atoms in total. The highest BCUT2D eigenvalue weighted by Gasteiger charge is 2.20. The SMILES string of the molecule is Cc1cccc(C(=O)c2cccn2C2CCNCC2)c1. The van der Waals surface area contributed by atoms with Crippen LogP contribution in [0.15, 0.2) is 42.6 Å². The van der Waals surface area contributed by atoms with E-state index in [9.17, 15) is 4.79 Å². The Hall–Kier alpha value is -1.87. The van der Waals surface area contributed by atoms with Gasteiger partial charge in [-0.3, -0.25) is 4.79 Å². The first kappa shape index (κ1) is 13.1. The Labute approximate surface area is 119 Å². The summed E-state index contributed by atoms with van der Waals surface area (Å²) in [5, 5.41) is 3.37. The van der Waals surface area contributed by atoms with E-state index in [0.717, 1.165) is 42.8 Å². The van der Waals surface area contributed by atoms with E-state index in [4.69, 9.17) is 0 Å². The summed E-state index contributed by atoms with van der Waals surface area (Å²) in [5.74, 6) is 0.122. The summed E-state index contributed by atoms with van der Waals surface area (Å²) in [6.45, 7) is 4.07. The summed E-state index contributed by atoms with van der Waals surface area (Å²) in [6.07, 6.45) is 4.21. The third kappa shape index (κ3) is 2.54. The smallest absolute Gasteiger partial charge is 0.209 e. The Morgan fingerprint density at radius 2 is 2.00 bits per heavy atom. The zero-order chi connectivity index (χ0) is 13.9. The molecule has 20 heavy (non-hydrogen) atoms. The van der Waals surface area contributed by atoms with E-state index in [0.29, 0.717) is 6.04 Å². The van der Waals surface area contributed by atoms with Gasteiger partial charge in [0.05, 0.1) is 5.69 Å². The molecule has 1 fully saturated rings. The Bertz CT molecular complexity index is 609. The second-order valence-electron chi connectivity index (χ2n) is 5.48. The van der Waals surface area contributed by atoms with E-state index in [-0.39, 0.29) is 5.78 Å². The van der Waals surface area contributed by atoms with Crippen LogP contribution in [-0.4, -0.2) is 23.4 Å². The zero-order valence-electron chi connectivity index (χ0n) is 11.8. The highest BCUT2D eigenvalue weighted by molar-refractivity contribution is 6.08. The summed E-state index contributed by atoms with van der Waals surface area (Å²) in [5.41, 5.74) is 2.71. The van der Waals surface area contributed by atoms with Crippen molar-refractivity contribution in [3.63, 3.8) is 0 Å². The van der Waals surface area contributed by atoms with Gasteiger partial charge in [0, 0.05) is 17.8 Å². The first-order valence-electron chi connectivity index (χ1n) is 7.24. The summed E-state index contributed by atoms with van der Waals surface area (Å²) in [7, 11) is 0. The number of carbonyl (C=O) groups is 1. The minimum absolute atomic E-state index is 0.122. The number of rotatable bonds is 3. The number of piperidine rings is 1. The highest BCUT2D eigenvalue weighted by atomic mass is 16.1. The van der Waals surface area contributed by atoms with Gasteiger partial charge in [-0.2, -0.15) is 0 Å². The number of benzene rings is 1. The Morgan fingerprint density at radius 1 is 1.20 bits per heavy atom. The summed E-state index contributed by atoms with van der Waals surface area (Å²) < 4.78 is 2.16. The van der Waals surface area contributed by atoms with E-state index >= 15 is 0 Å². The maximum atomic E-state index is 12.7. The molecule has 1 aromatic heterocycles. The van der Waals surface area contributed by atoms with Crippen LogP contribution in [0.2, 0.25) is 0 Å². The van der Waals surface area contributed by atoms with Gasteiger partial charge in [-0.25, -0.2) is 0 Å². The average molecular weight is 268 g/mol. The van der Waals surface area contributed by atoms with Gasteiger partial charge in [0.1, 0.15) is 0 Å². The molecule has 3 rings (SSSR count). The molecular weight excluding hydrogens is 248 g/mol. The van der Waals surface area contributed by atoms with Crippen molar-refractivity contribution in [2.24, 2.45) is 0 Å². The second kappa shape index (κ2) is 5.63. The molecule has 104 valence electrons. The standard InChI is InChI=1S/C17H20N2O/c1-13-4-2-5-14(12-13)17(20)16-6-3-11-19(16)15-7-9-18-10-8-15/h2-6,11-12,15,18H,7-10H2,1H3. The lowest BCUT2D eigenvalue weighted by molar-refractivity contribution is 0.102. The van der Waals surface area contributed by atoms with Crippen molar-refractivity contribution in [3.8, 4) is 0 Å². The van der Waals surface area contributed by atoms with Crippen molar-refractivity contribution < 1.29 is 4.79 Å². The molecule has 0 atom stereocenters. The van der Waals surface area contributed by atoms with Crippen LogP contribution in [0, 0.1) is 6.92 Å². The van der Waals surface area contributed by atoms with Gasteiger partial charge >= 0.3 is 0 Å². The zero-order valence-corrected chi connectivity index (χ0v) is 11.8. The van der Waals surface area contributed by atoms with Gasteiger partial charge in [0.2, 0.25) is 5.78 Å². The topological polar surface area (TPSA) is 34.0 Å². The third-order valence-electron chi connectivity index (χ3n) is 3.99. The van der Waals surface area contributed by atoms with Crippen molar-refractivity contribution >= 4 is 5.78 Å².